The van der Waals surface area contributed by atoms with Gasteiger partial charge in [-0.05, 0) is 49.4 Å². The Hall–Kier alpha value is -2.95. The second-order valence-corrected chi connectivity index (χ2v) is 6.28. The first-order valence-electron chi connectivity index (χ1n) is 8.03. The summed E-state index contributed by atoms with van der Waals surface area (Å²) in [7, 11) is 0. The molecule has 0 spiro atoms. The van der Waals surface area contributed by atoms with Gasteiger partial charge >= 0.3 is 0 Å². The van der Waals surface area contributed by atoms with Crippen LogP contribution in [-0.4, -0.2) is 16.1 Å². The van der Waals surface area contributed by atoms with Crippen LogP contribution >= 0.6 is 0 Å². The number of hydrogen-bond donors (Lipinski definition) is 2. The van der Waals surface area contributed by atoms with Crippen molar-refractivity contribution in [3.05, 3.63) is 54.4 Å². The molecule has 2 heterocycles. The number of aromatic nitrogens is 2. The van der Waals surface area contributed by atoms with Gasteiger partial charge < -0.3 is 5.32 Å². The summed E-state index contributed by atoms with van der Waals surface area (Å²) in [6.07, 6.45) is 5.31. The number of nitrogens with zero attached hydrogens (tertiary/aromatic N) is 2. The minimum absolute atomic E-state index is 0.0553. The van der Waals surface area contributed by atoms with E-state index in [1.807, 2.05) is 37.3 Å². The molecule has 120 valence electrons. The number of benzene rings is 1. The van der Waals surface area contributed by atoms with Gasteiger partial charge in [-0.25, -0.2) is 4.98 Å². The molecule has 1 aliphatic rings. The number of hydrogen-bond acceptors (Lipinski definition) is 3. The van der Waals surface area contributed by atoms with Gasteiger partial charge in [-0.15, -0.1) is 0 Å². The molecule has 1 aliphatic carbocycles. The number of anilines is 1. The maximum atomic E-state index is 11.8. The average Bonchev–Trinajstić information content (AvgIpc) is 3.39. The zero-order valence-electron chi connectivity index (χ0n) is 13.4. The minimum atomic E-state index is 0.0553. The highest BCUT2D eigenvalue weighted by Crippen LogP contribution is 2.30. The third-order valence-electron chi connectivity index (χ3n) is 4.37. The lowest BCUT2D eigenvalue weighted by atomic mass is 10.0. The molecule has 0 unspecified atom stereocenters. The summed E-state index contributed by atoms with van der Waals surface area (Å²) < 4.78 is 1.13. The Morgan fingerprint density at radius 3 is 2.83 bits per heavy atom. The van der Waals surface area contributed by atoms with Crippen molar-refractivity contribution < 1.29 is 14.7 Å². The highest BCUT2D eigenvalue weighted by atomic mass is 16.5. The van der Waals surface area contributed by atoms with E-state index in [2.05, 4.69) is 10.3 Å². The van der Waals surface area contributed by atoms with Gasteiger partial charge in [-0.3, -0.25) is 10.0 Å². The number of pyridine rings is 2. The van der Waals surface area contributed by atoms with Gasteiger partial charge in [0.2, 0.25) is 12.1 Å². The lowest BCUT2D eigenvalue weighted by molar-refractivity contribution is -0.896. The molecule has 24 heavy (non-hydrogen) atoms. The summed E-state index contributed by atoms with van der Waals surface area (Å²) in [5, 5.41) is 14.9. The number of amides is 1. The van der Waals surface area contributed by atoms with Crippen LogP contribution in [0.4, 0.5) is 5.82 Å². The fraction of sp³-hybridized carbons (Fsp3) is 0.211. The lowest BCUT2D eigenvalue weighted by Gasteiger charge is -2.06. The molecule has 2 aromatic heterocycles. The van der Waals surface area contributed by atoms with E-state index in [1.54, 1.807) is 18.5 Å². The van der Waals surface area contributed by atoms with Crippen molar-refractivity contribution in [3.8, 4) is 11.3 Å². The van der Waals surface area contributed by atoms with Crippen LogP contribution in [0.25, 0.3) is 22.0 Å². The summed E-state index contributed by atoms with van der Waals surface area (Å²) in [6.45, 7) is 1.96. The highest BCUT2D eigenvalue weighted by Gasteiger charge is 2.29. The van der Waals surface area contributed by atoms with E-state index in [0.29, 0.717) is 5.82 Å². The van der Waals surface area contributed by atoms with E-state index >= 15 is 0 Å². The molecular formula is C19H18N3O2+. The summed E-state index contributed by atoms with van der Waals surface area (Å²) in [6, 6.07) is 11.6. The van der Waals surface area contributed by atoms with Crippen LogP contribution in [0.15, 0.2) is 48.8 Å². The lowest BCUT2D eigenvalue weighted by Crippen LogP contribution is -2.32. The van der Waals surface area contributed by atoms with Gasteiger partial charge in [0.1, 0.15) is 5.82 Å². The molecule has 0 atom stereocenters. The molecule has 1 saturated carbocycles. The summed E-state index contributed by atoms with van der Waals surface area (Å²) in [5.74, 6) is 0.797. The SMILES string of the molecule is Cc1ccc[n+](O)c1-c1ccc2cc(NC(=O)C3CC3)ncc2c1. The van der Waals surface area contributed by atoms with Crippen molar-refractivity contribution in [1.82, 2.24) is 4.98 Å². The molecule has 3 aromatic rings. The first-order valence-corrected chi connectivity index (χ1v) is 8.03. The Morgan fingerprint density at radius 2 is 2.08 bits per heavy atom. The zero-order valence-corrected chi connectivity index (χ0v) is 13.4. The van der Waals surface area contributed by atoms with Gasteiger partial charge in [0.25, 0.3) is 5.69 Å². The van der Waals surface area contributed by atoms with E-state index < -0.39 is 0 Å². The van der Waals surface area contributed by atoms with Crippen LogP contribution in [0.1, 0.15) is 18.4 Å². The highest BCUT2D eigenvalue weighted by molar-refractivity contribution is 5.95. The fourth-order valence-electron chi connectivity index (χ4n) is 2.89. The summed E-state index contributed by atoms with van der Waals surface area (Å²) >= 11 is 0. The largest absolute Gasteiger partial charge is 0.310 e. The van der Waals surface area contributed by atoms with Crippen LogP contribution in [0.3, 0.4) is 0 Å². The van der Waals surface area contributed by atoms with E-state index in [9.17, 15) is 10.0 Å². The molecule has 1 aromatic carbocycles. The third-order valence-corrected chi connectivity index (χ3v) is 4.37. The van der Waals surface area contributed by atoms with Crippen LogP contribution in [-0.2, 0) is 4.79 Å². The molecule has 5 heteroatoms. The smallest absolute Gasteiger partial charge is 0.267 e. The second kappa shape index (κ2) is 5.60. The summed E-state index contributed by atoms with van der Waals surface area (Å²) in [4.78, 5) is 16.2. The van der Waals surface area contributed by atoms with Crippen LogP contribution in [0, 0.1) is 12.8 Å². The standard InChI is InChI=1S/C19H17N3O2/c1-12-3-2-8-22(24)18(12)15-7-6-14-10-17(20-11-16(14)9-15)21-19(23)13-4-5-13/h2-3,6-11,13,24H,4-5H2,1H3/p+1. The first kappa shape index (κ1) is 14.6. The molecule has 0 radical (unpaired) electrons. The quantitative estimate of drug-likeness (QED) is 0.576. The molecule has 0 aliphatic heterocycles. The molecule has 1 fully saturated rings. The third kappa shape index (κ3) is 2.69. The predicted molar refractivity (Wildman–Crippen MR) is 90.6 cm³/mol. The number of aryl methyl sites for hydroxylation is 1. The normalized spacial score (nSPS) is 13.9. The second-order valence-electron chi connectivity index (χ2n) is 6.28. The number of carbonyl (C=O) groups excluding carboxylic acids is 1. The molecule has 0 saturated heterocycles. The number of rotatable bonds is 3. The molecule has 4 rings (SSSR count). The fourth-order valence-corrected chi connectivity index (χ4v) is 2.89. The number of nitrogens with one attached hydrogen (secondary N) is 1. The van der Waals surface area contributed by atoms with E-state index in [1.165, 1.54) is 0 Å². The Balaban J connectivity index is 1.70. The van der Waals surface area contributed by atoms with Crippen molar-refractivity contribution in [2.24, 2.45) is 5.92 Å². The van der Waals surface area contributed by atoms with Crippen molar-refractivity contribution >= 4 is 22.5 Å². The monoisotopic (exact) mass is 320 g/mol. The van der Waals surface area contributed by atoms with Gasteiger partial charge in [0.05, 0.1) is 5.56 Å². The van der Waals surface area contributed by atoms with Gasteiger partial charge in [0, 0.05) is 33.9 Å². The Kier molecular flexibility index (Phi) is 3.41. The molecule has 5 nitrogen and oxygen atoms in total. The van der Waals surface area contributed by atoms with Crippen molar-refractivity contribution in [3.63, 3.8) is 0 Å². The van der Waals surface area contributed by atoms with E-state index in [4.69, 9.17) is 0 Å². The van der Waals surface area contributed by atoms with E-state index in [0.717, 1.165) is 45.2 Å². The van der Waals surface area contributed by atoms with Crippen molar-refractivity contribution in [2.75, 3.05) is 5.32 Å². The van der Waals surface area contributed by atoms with Crippen LogP contribution < -0.4 is 10.0 Å². The van der Waals surface area contributed by atoms with Crippen molar-refractivity contribution in [2.45, 2.75) is 19.8 Å². The van der Waals surface area contributed by atoms with Gasteiger partial charge in [-0.1, -0.05) is 6.07 Å². The Bertz CT molecular complexity index is 928. The van der Waals surface area contributed by atoms with E-state index in [-0.39, 0.29) is 11.8 Å². The van der Waals surface area contributed by atoms with Gasteiger partial charge in [-0.2, -0.15) is 0 Å². The Morgan fingerprint density at radius 1 is 1.25 bits per heavy atom. The Labute approximate surface area is 139 Å². The number of carbonyl (C=O) groups is 1. The molecule has 0 bridgehead atoms. The molecule has 1 amide bonds. The van der Waals surface area contributed by atoms with Crippen LogP contribution in [0.5, 0.6) is 0 Å². The van der Waals surface area contributed by atoms with Crippen molar-refractivity contribution in [1.29, 1.82) is 0 Å². The molecule has 2 N–H and O–H groups in total. The first-order chi connectivity index (χ1) is 11.6. The minimum Gasteiger partial charge on any atom is -0.310 e. The number of fused-ring (bicyclic) bond motifs is 1. The average molecular weight is 320 g/mol. The van der Waals surface area contributed by atoms with Gasteiger partial charge in [0.15, 0.2) is 0 Å². The predicted octanol–water partition coefficient (Wildman–Crippen LogP) is 3.08. The topological polar surface area (TPSA) is 66.1 Å². The summed E-state index contributed by atoms with van der Waals surface area (Å²) in [5.41, 5.74) is 2.66. The molecular weight excluding hydrogens is 302 g/mol. The zero-order chi connectivity index (χ0) is 16.7. The van der Waals surface area contributed by atoms with Crippen LogP contribution in [0.2, 0.25) is 0 Å². The maximum Gasteiger partial charge on any atom is 0.267 e. The maximum absolute atomic E-state index is 11.8.